The van der Waals surface area contributed by atoms with E-state index in [1.54, 1.807) is 24.7 Å². The van der Waals surface area contributed by atoms with Crippen LogP contribution in [0.3, 0.4) is 0 Å². The maximum atomic E-state index is 13.3. The zero-order valence-electron chi connectivity index (χ0n) is 16.7. The number of hydrogen-bond donors (Lipinski definition) is 1. The van der Waals surface area contributed by atoms with Crippen molar-refractivity contribution < 1.29 is 9.50 Å². The third-order valence-electron chi connectivity index (χ3n) is 6.15. The molecule has 5 heteroatoms. The van der Waals surface area contributed by atoms with Crippen molar-refractivity contribution in [1.29, 1.82) is 5.26 Å². The van der Waals surface area contributed by atoms with Crippen molar-refractivity contribution in [1.82, 2.24) is 9.55 Å². The van der Waals surface area contributed by atoms with Gasteiger partial charge in [-0.15, -0.1) is 0 Å². The summed E-state index contributed by atoms with van der Waals surface area (Å²) in [7, 11) is 0. The lowest BCUT2D eigenvalue weighted by molar-refractivity contribution is 0.0420. The van der Waals surface area contributed by atoms with Crippen LogP contribution >= 0.6 is 0 Å². The summed E-state index contributed by atoms with van der Waals surface area (Å²) in [5.74, 6) is -0.274. The van der Waals surface area contributed by atoms with Crippen molar-refractivity contribution in [2.75, 3.05) is 0 Å². The Bertz CT molecular complexity index is 1270. The van der Waals surface area contributed by atoms with Gasteiger partial charge < -0.3 is 9.67 Å². The molecule has 5 rings (SSSR count). The molecule has 1 aliphatic heterocycles. The molecule has 0 fully saturated rings. The highest BCUT2D eigenvalue weighted by molar-refractivity contribution is 5.64. The Morgan fingerprint density at radius 2 is 1.81 bits per heavy atom. The Hall–Kier alpha value is -3.75. The van der Waals surface area contributed by atoms with E-state index in [4.69, 9.17) is 5.26 Å². The van der Waals surface area contributed by atoms with E-state index in [2.05, 4.69) is 11.1 Å². The van der Waals surface area contributed by atoms with Crippen LogP contribution in [0.1, 0.15) is 41.3 Å². The van der Waals surface area contributed by atoms with Gasteiger partial charge in [-0.25, -0.2) is 9.37 Å². The molecule has 0 radical (unpaired) electrons. The first kappa shape index (κ1) is 19.2. The molecular weight excluding hydrogens is 389 g/mol. The smallest absolute Gasteiger partial charge is 0.131 e. The summed E-state index contributed by atoms with van der Waals surface area (Å²) in [6, 6.07) is 23.9. The maximum Gasteiger partial charge on any atom is 0.131 e. The SMILES string of the molecule is N#Cc1ccc(C2CCC(O)(c3cccc(-c4ccc(F)cc4)c3)c3cncn32)cc1. The third-order valence-corrected chi connectivity index (χ3v) is 6.15. The molecule has 2 heterocycles. The highest BCUT2D eigenvalue weighted by atomic mass is 19.1. The van der Waals surface area contributed by atoms with E-state index in [0.29, 0.717) is 12.0 Å². The Kier molecular flexibility index (Phi) is 4.65. The Morgan fingerprint density at radius 1 is 1.03 bits per heavy atom. The molecule has 1 aliphatic rings. The minimum Gasteiger partial charge on any atom is -0.379 e. The maximum absolute atomic E-state index is 13.3. The van der Waals surface area contributed by atoms with Gasteiger partial charge in [-0.2, -0.15) is 5.26 Å². The van der Waals surface area contributed by atoms with Crippen LogP contribution in [-0.4, -0.2) is 14.7 Å². The Morgan fingerprint density at radius 3 is 2.55 bits per heavy atom. The van der Waals surface area contributed by atoms with Gasteiger partial charge in [0.25, 0.3) is 0 Å². The monoisotopic (exact) mass is 409 g/mol. The summed E-state index contributed by atoms with van der Waals surface area (Å²) in [6.07, 6.45) is 4.75. The summed E-state index contributed by atoms with van der Waals surface area (Å²) >= 11 is 0. The molecule has 1 aromatic heterocycles. The highest BCUT2D eigenvalue weighted by Crippen LogP contribution is 2.44. The van der Waals surface area contributed by atoms with Crippen molar-refractivity contribution in [3.63, 3.8) is 0 Å². The van der Waals surface area contributed by atoms with Gasteiger partial charge in [0.05, 0.1) is 35.9 Å². The number of nitrogens with zero attached hydrogens (tertiary/aromatic N) is 3. The van der Waals surface area contributed by atoms with Gasteiger partial charge in [-0.1, -0.05) is 42.5 Å². The number of hydrogen-bond acceptors (Lipinski definition) is 3. The molecule has 0 saturated heterocycles. The average Bonchev–Trinajstić information content (AvgIpc) is 3.31. The molecule has 4 nitrogen and oxygen atoms in total. The number of nitriles is 1. The summed E-state index contributed by atoms with van der Waals surface area (Å²) in [6.45, 7) is 0. The van der Waals surface area contributed by atoms with Crippen molar-refractivity contribution in [2.45, 2.75) is 24.5 Å². The Balaban J connectivity index is 1.53. The average molecular weight is 409 g/mol. The fourth-order valence-electron chi connectivity index (χ4n) is 4.48. The van der Waals surface area contributed by atoms with Crippen molar-refractivity contribution in [3.8, 4) is 17.2 Å². The van der Waals surface area contributed by atoms with Crippen LogP contribution in [0.4, 0.5) is 4.39 Å². The second-order valence-corrected chi connectivity index (χ2v) is 7.92. The number of rotatable bonds is 3. The molecule has 0 amide bonds. The normalized spacial score (nSPS) is 20.1. The van der Waals surface area contributed by atoms with Gasteiger partial charge in [0.1, 0.15) is 11.4 Å². The van der Waals surface area contributed by atoms with E-state index in [1.807, 2.05) is 53.1 Å². The number of halogens is 1. The van der Waals surface area contributed by atoms with Crippen LogP contribution in [0.5, 0.6) is 0 Å². The predicted octanol–water partition coefficient (Wildman–Crippen LogP) is 5.18. The Labute approximate surface area is 179 Å². The fraction of sp³-hybridized carbons (Fsp3) is 0.154. The summed E-state index contributed by atoms with van der Waals surface area (Å²) in [5, 5.41) is 20.8. The van der Waals surface area contributed by atoms with Crippen LogP contribution in [0.25, 0.3) is 11.1 Å². The lowest BCUT2D eigenvalue weighted by atomic mass is 9.80. The molecule has 4 aromatic rings. The summed E-state index contributed by atoms with van der Waals surface area (Å²) in [4.78, 5) is 4.33. The van der Waals surface area contributed by atoms with Gasteiger partial charge in [0, 0.05) is 0 Å². The minimum absolute atomic E-state index is 0.0470. The molecule has 2 unspecified atom stereocenters. The van der Waals surface area contributed by atoms with E-state index in [0.717, 1.165) is 34.4 Å². The molecule has 31 heavy (non-hydrogen) atoms. The van der Waals surface area contributed by atoms with Gasteiger partial charge in [-0.05, 0) is 65.4 Å². The first-order valence-electron chi connectivity index (χ1n) is 10.2. The van der Waals surface area contributed by atoms with E-state index < -0.39 is 5.60 Å². The van der Waals surface area contributed by atoms with Crippen LogP contribution in [-0.2, 0) is 5.60 Å². The van der Waals surface area contributed by atoms with Crippen LogP contribution < -0.4 is 0 Å². The topological polar surface area (TPSA) is 61.8 Å². The fourth-order valence-corrected chi connectivity index (χ4v) is 4.48. The zero-order valence-corrected chi connectivity index (χ0v) is 16.7. The number of fused-ring (bicyclic) bond motifs is 1. The van der Waals surface area contributed by atoms with Gasteiger partial charge in [0.2, 0.25) is 0 Å². The summed E-state index contributed by atoms with van der Waals surface area (Å²) < 4.78 is 15.3. The largest absolute Gasteiger partial charge is 0.379 e. The van der Waals surface area contributed by atoms with Crippen molar-refractivity contribution in [3.05, 3.63) is 114 Å². The number of aromatic nitrogens is 2. The van der Waals surface area contributed by atoms with E-state index >= 15 is 0 Å². The third kappa shape index (κ3) is 3.31. The van der Waals surface area contributed by atoms with Crippen LogP contribution in [0.15, 0.2) is 85.3 Å². The number of benzene rings is 3. The van der Waals surface area contributed by atoms with Crippen molar-refractivity contribution >= 4 is 0 Å². The van der Waals surface area contributed by atoms with Crippen LogP contribution in [0.2, 0.25) is 0 Å². The molecule has 0 aliphatic carbocycles. The molecule has 3 aromatic carbocycles. The first-order valence-corrected chi connectivity index (χ1v) is 10.2. The summed E-state index contributed by atoms with van der Waals surface area (Å²) in [5.41, 5.74) is 3.88. The van der Waals surface area contributed by atoms with E-state index in [9.17, 15) is 9.50 Å². The minimum atomic E-state index is -1.17. The zero-order chi connectivity index (χ0) is 21.4. The lowest BCUT2D eigenvalue weighted by Crippen LogP contribution is -2.36. The molecule has 0 bridgehead atoms. The molecule has 0 saturated carbocycles. The quantitative estimate of drug-likeness (QED) is 0.507. The van der Waals surface area contributed by atoms with Gasteiger partial charge >= 0.3 is 0 Å². The predicted molar refractivity (Wildman–Crippen MR) is 116 cm³/mol. The van der Waals surface area contributed by atoms with E-state index in [-0.39, 0.29) is 11.9 Å². The van der Waals surface area contributed by atoms with Crippen molar-refractivity contribution in [2.24, 2.45) is 0 Å². The second kappa shape index (κ2) is 7.50. The van der Waals surface area contributed by atoms with Crippen LogP contribution in [0, 0.1) is 17.1 Å². The number of aliphatic hydroxyl groups is 1. The second-order valence-electron chi connectivity index (χ2n) is 7.92. The standard InChI is InChI=1S/C26H20FN3O/c27-23-10-8-19(9-11-23)21-2-1-3-22(14-21)26(31)13-12-24(30-17-29-16-25(26)30)20-6-4-18(15-28)5-7-20/h1-11,14,16-17,24,31H,12-13H2. The van der Waals surface area contributed by atoms with Gasteiger partial charge in [0.15, 0.2) is 0 Å². The van der Waals surface area contributed by atoms with E-state index in [1.165, 1.54) is 12.1 Å². The molecule has 1 N–H and O–H groups in total. The highest BCUT2D eigenvalue weighted by Gasteiger charge is 2.40. The first-order chi connectivity index (χ1) is 15.1. The lowest BCUT2D eigenvalue weighted by Gasteiger charge is -2.38. The van der Waals surface area contributed by atoms with Gasteiger partial charge in [-0.3, -0.25) is 0 Å². The molecular formula is C26H20FN3O. The molecule has 2 atom stereocenters. The molecule has 0 spiro atoms. The molecule has 152 valence electrons. The number of imidazole rings is 1.